The Morgan fingerprint density at radius 2 is 1.60 bits per heavy atom. The van der Waals surface area contributed by atoms with Gasteiger partial charge in [0.1, 0.15) is 5.75 Å². The number of hydrogen-bond acceptors (Lipinski definition) is 3. The summed E-state index contributed by atoms with van der Waals surface area (Å²) in [6, 6.07) is 9.19. The number of phenols is 1. The number of aromatic nitrogens is 1. The Kier molecular flexibility index (Phi) is 5.21. The lowest BCUT2D eigenvalue weighted by Gasteiger charge is -2.28. The number of aromatic hydroxyl groups is 1. The molecule has 0 bridgehead atoms. The van der Waals surface area contributed by atoms with E-state index in [1.54, 1.807) is 18.3 Å². The standard InChI is InChI=1S/C21H28N2O2/c1-20(2,3)16-11-14(12-17(18(16)24)21(4,5)6)19(25)23-13-15-9-7-8-10-22-15/h7-12,24H,13H2,1-6H3,(H,23,25). The zero-order valence-corrected chi connectivity index (χ0v) is 16.0. The van der Waals surface area contributed by atoms with Crippen LogP contribution in [0.5, 0.6) is 5.75 Å². The van der Waals surface area contributed by atoms with Gasteiger partial charge < -0.3 is 10.4 Å². The molecule has 0 aliphatic rings. The van der Waals surface area contributed by atoms with Gasteiger partial charge in [0.05, 0.1) is 12.2 Å². The number of phenolic OH excluding ortho intramolecular Hbond substituents is 1. The predicted octanol–water partition coefficient (Wildman–Crippen LogP) is 4.31. The van der Waals surface area contributed by atoms with Crippen molar-refractivity contribution < 1.29 is 9.90 Å². The summed E-state index contributed by atoms with van der Waals surface area (Å²) >= 11 is 0. The monoisotopic (exact) mass is 340 g/mol. The van der Waals surface area contributed by atoms with Crippen molar-refractivity contribution in [3.05, 3.63) is 58.9 Å². The first-order chi connectivity index (χ1) is 11.5. The van der Waals surface area contributed by atoms with Crippen LogP contribution in [0.15, 0.2) is 36.5 Å². The van der Waals surface area contributed by atoms with Gasteiger partial charge in [0.25, 0.3) is 5.91 Å². The lowest BCUT2D eigenvalue weighted by molar-refractivity contribution is 0.0950. The fourth-order valence-corrected chi connectivity index (χ4v) is 2.68. The lowest BCUT2D eigenvalue weighted by atomic mass is 9.78. The van der Waals surface area contributed by atoms with E-state index in [2.05, 4.69) is 10.3 Å². The van der Waals surface area contributed by atoms with Crippen molar-refractivity contribution in [1.82, 2.24) is 10.3 Å². The Labute approximate surface area is 150 Å². The van der Waals surface area contributed by atoms with E-state index in [0.717, 1.165) is 16.8 Å². The first-order valence-electron chi connectivity index (χ1n) is 8.56. The molecule has 0 radical (unpaired) electrons. The van der Waals surface area contributed by atoms with E-state index in [4.69, 9.17) is 0 Å². The van der Waals surface area contributed by atoms with E-state index < -0.39 is 0 Å². The van der Waals surface area contributed by atoms with Crippen LogP contribution in [0.3, 0.4) is 0 Å². The molecule has 0 fully saturated rings. The molecule has 2 aromatic rings. The highest BCUT2D eigenvalue weighted by Gasteiger charge is 2.27. The largest absolute Gasteiger partial charge is 0.507 e. The van der Waals surface area contributed by atoms with Crippen LogP contribution in [-0.2, 0) is 17.4 Å². The number of nitrogens with zero attached hydrogens (tertiary/aromatic N) is 1. The number of nitrogens with one attached hydrogen (secondary N) is 1. The maximum atomic E-state index is 12.7. The van der Waals surface area contributed by atoms with Gasteiger partial charge in [0.2, 0.25) is 0 Å². The molecule has 1 aromatic carbocycles. The maximum absolute atomic E-state index is 12.7. The highest BCUT2D eigenvalue weighted by Crippen LogP contribution is 2.39. The summed E-state index contributed by atoms with van der Waals surface area (Å²) in [4.78, 5) is 16.9. The molecule has 4 heteroatoms. The average molecular weight is 340 g/mol. The number of carbonyl (C=O) groups excluding carboxylic acids is 1. The third kappa shape index (κ3) is 4.59. The van der Waals surface area contributed by atoms with Gasteiger partial charge >= 0.3 is 0 Å². The zero-order valence-electron chi connectivity index (χ0n) is 16.0. The van der Waals surface area contributed by atoms with Gasteiger partial charge in [0, 0.05) is 22.9 Å². The van der Waals surface area contributed by atoms with Gasteiger partial charge in [-0.15, -0.1) is 0 Å². The third-order valence-electron chi connectivity index (χ3n) is 4.14. The SMILES string of the molecule is CC(C)(C)c1cc(C(=O)NCc2ccccn2)cc(C(C)(C)C)c1O. The lowest BCUT2D eigenvalue weighted by Crippen LogP contribution is -2.25. The predicted molar refractivity (Wildman–Crippen MR) is 101 cm³/mol. The third-order valence-corrected chi connectivity index (χ3v) is 4.14. The zero-order chi connectivity index (χ0) is 18.8. The second-order valence-electron chi connectivity index (χ2n) is 8.42. The molecule has 2 rings (SSSR count). The van der Waals surface area contributed by atoms with Crippen LogP contribution in [0.1, 0.15) is 68.7 Å². The Morgan fingerprint density at radius 1 is 1.04 bits per heavy atom. The Hall–Kier alpha value is -2.36. The summed E-state index contributed by atoms with van der Waals surface area (Å²) in [7, 11) is 0. The highest BCUT2D eigenvalue weighted by molar-refractivity contribution is 5.95. The number of rotatable bonds is 3. The molecule has 0 saturated carbocycles. The summed E-state index contributed by atoms with van der Waals surface area (Å²) < 4.78 is 0. The minimum Gasteiger partial charge on any atom is -0.507 e. The number of pyridine rings is 1. The van der Waals surface area contributed by atoms with Crippen molar-refractivity contribution >= 4 is 5.91 Å². The smallest absolute Gasteiger partial charge is 0.251 e. The van der Waals surface area contributed by atoms with Gasteiger partial charge in [-0.1, -0.05) is 47.6 Å². The molecule has 0 atom stereocenters. The Balaban J connectivity index is 2.38. The van der Waals surface area contributed by atoms with Gasteiger partial charge in [-0.05, 0) is 35.1 Å². The molecule has 2 N–H and O–H groups in total. The summed E-state index contributed by atoms with van der Waals surface area (Å²) in [5, 5.41) is 13.6. The van der Waals surface area contributed by atoms with Gasteiger partial charge in [-0.3, -0.25) is 9.78 Å². The van der Waals surface area contributed by atoms with E-state index in [0.29, 0.717) is 12.1 Å². The summed E-state index contributed by atoms with van der Waals surface area (Å²) in [6.45, 7) is 12.6. The van der Waals surface area contributed by atoms with Crippen LogP contribution in [0.2, 0.25) is 0 Å². The fraction of sp³-hybridized carbons (Fsp3) is 0.429. The molecule has 0 aliphatic heterocycles. The van der Waals surface area contributed by atoms with Crippen LogP contribution >= 0.6 is 0 Å². The van der Waals surface area contributed by atoms with Crippen molar-refractivity contribution in [2.75, 3.05) is 0 Å². The number of hydrogen-bond donors (Lipinski definition) is 2. The van der Waals surface area contributed by atoms with Gasteiger partial charge in [-0.2, -0.15) is 0 Å². The Bertz CT molecular complexity index is 719. The van der Waals surface area contributed by atoms with E-state index in [1.165, 1.54) is 0 Å². The van der Waals surface area contributed by atoms with Crippen molar-refractivity contribution in [2.45, 2.75) is 58.9 Å². The van der Waals surface area contributed by atoms with Crippen LogP contribution in [0, 0.1) is 0 Å². The molecule has 134 valence electrons. The minimum absolute atomic E-state index is 0.165. The molecule has 0 saturated heterocycles. The molecule has 25 heavy (non-hydrogen) atoms. The summed E-state index contributed by atoms with van der Waals surface area (Å²) in [5.41, 5.74) is 2.40. The van der Waals surface area contributed by atoms with Crippen molar-refractivity contribution in [2.24, 2.45) is 0 Å². The fourth-order valence-electron chi connectivity index (χ4n) is 2.68. The first kappa shape index (κ1) is 19.0. The van der Waals surface area contributed by atoms with Crippen molar-refractivity contribution in [3.63, 3.8) is 0 Å². The van der Waals surface area contributed by atoms with Crippen molar-refractivity contribution in [3.8, 4) is 5.75 Å². The molecule has 0 unspecified atom stereocenters. The van der Waals surface area contributed by atoms with Crippen LogP contribution in [0.25, 0.3) is 0 Å². The molecular weight excluding hydrogens is 312 g/mol. The molecule has 1 aromatic heterocycles. The van der Waals surface area contributed by atoms with E-state index in [-0.39, 0.29) is 22.5 Å². The molecule has 1 amide bonds. The molecule has 1 heterocycles. The minimum atomic E-state index is -0.263. The molecule has 0 aliphatic carbocycles. The number of amides is 1. The van der Waals surface area contributed by atoms with Gasteiger partial charge in [-0.25, -0.2) is 0 Å². The summed E-state index contributed by atoms with van der Waals surface area (Å²) in [6.07, 6.45) is 1.71. The van der Waals surface area contributed by atoms with Crippen LogP contribution in [0.4, 0.5) is 0 Å². The Morgan fingerprint density at radius 3 is 2.04 bits per heavy atom. The van der Waals surface area contributed by atoms with Crippen LogP contribution < -0.4 is 5.32 Å². The summed E-state index contributed by atoms with van der Waals surface area (Å²) in [5.74, 6) is 0.114. The van der Waals surface area contributed by atoms with E-state index >= 15 is 0 Å². The maximum Gasteiger partial charge on any atom is 0.251 e. The van der Waals surface area contributed by atoms with Crippen LogP contribution in [-0.4, -0.2) is 16.0 Å². The highest BCUT2D eigenvalue weighted by atomic mass is 16.3. The van der Waals surface area contributed by atoms with E-state index in [9.17, 15) is 9.90 Å². The molecule has 0 spiro atoms. The van der Waals surface area contributed by atoms with Crippen molar-refractivity contribution in [1.29, 1.82) is 0 Å². The second-order valence-corrected chi connectivity index (χ2v) is 8.42. The average Bonchev–Trinajstić information content (AvgIpc) is 2.51. The molecule has 4 nitrogen and oxygen atoms in total. The number of carbonyl (C=O) groups is 1. The quantitative estimate of drug-likeness (QED) is 0.875. The topological polar surface area (TPSA) is 62.2 Å². The second kappa shape index (κ2) is 6.87. The van der Waals surface area contributed by atoms with Gasteiger partial charge in [0.15, 0.2) is 0 Å². The number of benzene rings is 1. The van der Waals surface area contributed by atoms with E-state index in [1.807, 2.05) is 59.7 Å². The molecular formula is C21H28N2O2. The normalized spacial score (nSPS) is 12.1. The first-order valence-corrected chi connectivity index (χ1v) is 8.56.